The van der Waals surface area contributed by atoms with Crippen molar-refractivity contribution in [1.29, 1.82) is 0 Å². The maximum absolute atomic E-state index is 12.3. The summed E-state index contributed by atoms with van der Waals surface area (Å²) in [5.41, 5.74) is 2.70. The Morgan fingerprint density at radius 3 is 2.35 bits per heavy atom. The van der Waals surface area contributed by atoms with Crippen molar-refractivity contribution >= 4 is 12.6 Å². The molecule has 20 heavy (non-hydrogen) atoms. The lowest BCUT2D eigenvalue weighted by atomic mass is 10.1. The molecule has 0 aliphatic heterocycles. The molecule has 0 spiro atoms. The molecule has 106 valence electrons. The predicted molar refractivity (Wildman–Crippen MR) is 85.7 cm³/mol. The molecule has 2 aromatic rings. The summed E-state index contributed by atoms with van der Waals surface area (Å²) in [6, 6.07) is 11.6. The van der Waals surface area contributed by atoms with Crippen molar-refractivity contribution in [2.45, 2.75) is 26.1 Å². The average molecular weight is 289 g/mol. The molecule has 0 fully saturated rings. The van der Waals surface area contributed by atoms with Crippen LogP contribution in [0.4, 0.5) is 0 Å². The van der Waals surface area contributed by atoms with E-state index in [1.165, 1.54) is 0 Å². The third-order valence-electron chi connectivity index (χ3n) is 3.20. The van der Waals surface area contributed by atoms with Crippen molar-refractivity contribution in [3.8, 4) is 17.0 Å². The van der Waals surface area contributed by atoms with Gasteiger partial charge in [0.15, 0.2) is 0 Å². The maximum Gasteiger partial charge on any atom is 0.255 e. The Balaban J connectivity index is 2.47. The van der Waals surface area contributed by atoms with Crippen LogP contribution in [0.1, 0.15) is 19.4 Å². The minimum absolute atomic E-state index is 0.0360. The van der Waals surface area contributed by atoms with Gasteiger partial charge in [0.25, 0.3) is 5.56 Å². The van der Waals surface area contributed by atoms with Gasteiger partial charge < -0.3 is 9.30 Å². The molecule has 0 bridgehead atoms. The molecule has 0 aliphatic rings. The Labute approximate surface area is 124 Å². The number of hydrogen-bond donors (Lipinski definition) is 1. The van der Waals surface area contributed by atoms with E-state index >= 15 is 0 Å². The van der Waals surface area contributed by atoms with E-state index in [1.54, 1.807) is 4.57 Å². The van der Waals surface area contributed by atoms with Gasteiger partial charge in [-0.2, -0.15) is 12.6 Å². The molecule has 0 atom stereocenters. The number of rotatable bonds is 5. The first-order valence-corrected chi connectivity index (χ1v) is 7.41. The van der Waals surface area contributed by atoms with Gasteiger partial charge in [-0.3, -0.25) is 4.79 Å². The van der Waals surface area contributed by atoms with Crippen molar-refractivity contribution in [1.82, 2.24) is 4.57 Å². The smallest absolute Gasteiger partial charge is 0.255 e. The van der Waals surface area contributed by atoms with Crippen molar-refractivity contribution in [2.75, 3.05) is 6.61 Å². The van der Waals surface area contributed by atoms with Crippen molar-refractivity contribution in [2.24, 2.45) is 0 Å². The highest BCUT2D eigenvalue weighted by molar-refractivity contribution is 7.79. The summed E-state index contributed by atoms with van der Waals surface area (Å²) in [5.74, 6) is 1.30. The third-order valence-corrected chi connectivity index (χ3v) is 3.54. The molecule has 1 aromatic heterocycles. The van der Waals surface area contributed by atoms with Gasteiger partial charge >= 0.3 is 0 Å². The zero-order chi connectivity index (χ0) is 14.5. The molecule has 1 aromatic carbocycles. The zero-order valence-corrected chi connectivity index (χ0v) is 12.7. The molecular weight excluding hydrogens is 270 g/mol. The molecule has 0 radical (unpaired) electrons. The molecule has 0 aliphatic carbocycles. The van der Waals surface area contributed by atoms with Crippen molar-refractivity contribution < 1.29 is 4.74 Å². The summed E-state index contributed by atoms with van der Waals surface area (Å²) < 4.78 is 7.21. The second-order valence-electron chi connectivity index (χ2n) is 4.41. The Bertz CT molecular complexity index is 632. The van der Waals surface area contributed by atoms with E-state index in [0.717, 1.165) is 22.6 Å². The third kappa shape index (κ3) is 2.90. The van der Waals surface area contributed by atoms with Crippen LogP contribution in [0.2, 0.25) is 0 Å². The number of ether oxygens (including phenoxy) is 1. The Morgan fingerprint density at radius 1 is 1.10 bits per heavy atom. The van der Waals surface area contributed by atoms with Crippen LogP contribution in [-0.2, 0) is 12.3 Å². The van der Waals surface area contributed by atoms with Gasteiger partial charge in [-0.1, -0.05) is 6.07 Å². The number of aromatic nitrogens is 1. The molecular formula is C16H19NO2S. The molecule has 0 saturated heterocycles. The Kier molecular flexibility index (Phi) is 4.90. The van der Waals surface area contributed by atoms with Crippen LogP contribution < -0.4 is 10.3 Å². The quantitative estimate of drug-likeness (QED) is 0.856. The molecule has 0 unspecified atom stereocenters. The fraction of sp³-hybridized carbons (Fsp3) is 0.312. The molecule has 0 N–H and O–H groups in total. The van der Waals surface area contributed by atoms with Crippen LogP contribution in [-0.4, -0.2) is 11.2 Å². The molecule has 4 heteroatoms. The van der Waals surface area contributed by atoms with Gasteiger partial charge in [0.1, 0.15) is 5.75 Å². The summed E-state index contributed by atoms with van der Waals surface area (Å²) in [6.07, 6.45) is 0. The SMILES string of the molecule is CCOc1ccc(-c2ccc(CS)c(=O)n2CC)cc1. The number of nitrogens with zero attached hydrogens (tertiary/aromatic N) is 1. The van der Waals surface area contributed by atoms with Crippen LogP contribution in [0, 0.1) is 0 Å². The molecule has 0 amide bonds. The topological polar surface area (TPSA) is 31.2 Å². The molecule has 0 saturated carbocycles. The molecule has 2 rings (SSSR count). The van der Waals surface area contributed by atoms with E-state index in [4.69, 9.17) is 4.74 Å². The first-order valence-electron chi connectivity index (χ1n) is 6.78. The minimum Gasteiger partial charge on any atom is -0.494 e. The second kappa shape index (κ2) is 6.66. The fourth-order valence-corrected chi connectivity index (χ4v) is 2.44. The lowest BCUT2D eigenvalue weighted by molar-refractivity contribution is 0.340. The summed E-state index contributed by atoms with van der Waals surface area (Å²) in [7, 11) is 0. The van der Waals surface area contributed by atoms with E-state index in [0.29, 0.717) is 18.9 Å². The summed E-state index contributed by atoms with van der Waals surface area (Å²) in [5, 5.41) is 0. The fourth-order valence-electron chi connectivity index (χ4n) is 2.20. The molecule has 3 nitrogen and oxygen atoms in total. The van der Waals surface area contributed by atoms with Gasteiger partial charge in [-0.05, 0) is 49.7 Å². The first-order chi connectivity index (χ1) is 9.71. The van der Waals surface area contributed by atoms with Gasteiger partial charge in [-0.15, -0.1) is 0 Å². The van der Waals surface area contributed by atoms with Gasteiger partial charge in [0.05, 0.1) is 12.3 Å². The lowest BCUT2D eigenvalue weighted by Gasteiger charge is -2.13. The second-order valence-corrected chi connectivity index (χ2v) is 4.72. The van der Waals surface area contributed by atoms with Crippen LogP contribution in [0.5, 0.6) is 5.75 Å². The first kappa shape index (κ1) is 14.7. The van der Waals surface area contributed by atoms with Crippen LogP contribution in [0.25, 0.3) is 11.3 Å². The van der Waals surface area contributed by atoms with E-state index in [-0.39, 0.29) is 5.56 Å². The summed E-state index contributed by atoms with van der Waals surface area (Å²) >= 11 is 4.19. The summed E-state index contributed by atoms with van der Waals surface area (Å²) in [4.78, 5) is 12.3. The average Bonchev–Trinajstić information content (AvgIpc) is 2.48. The number of benzene rings is 1. The number of pyridine rings is 1. The standard InChI is InChI=1S/C16H19NO2S/c1-3-17-15(10-7-13(11-20)16(17)18)12-5-8-14(9-6-12)19-4-2/h5-10,20H,3-4,11H2,1-2H3. The van der Waals surface area contributed by atoms with Crippen molar-refractivity contribution in [3.63, 3.8) is 0 Å². The van der Waals surface area contributed by atoms with E-state index in [1.807, 2.05) is 50.2 Å². The Hall–Kier alpha value is -1.68. The maximum atomic E-state index is 12.3. The van der Waals surface area contributed by atoms with Crippen molar-refractivity contribution in [3.05, 3.63) is 52.3 Å². The van der Waals surface area contributed by atoms with Crippen LogP contribution in [0.3, 0.4) is 0 Å². The minimum atomic E-state index is 0.0360. The monoisotopic (exact) mass is 289 g/mol. The van der Waals surface area contributed by atoms with E-state index in [2.05, 4.69) is 12.6 Å². The zero-order valence-electron chi connectivity index (χ0n) is 11.8. The Morgan fingerprint density at radius 2 is 1.80 bits per heavy atom. The summed E-state index contributed by atoms with van der Waals surface area (Å²) in [6.45, 7) is 5.22. The van der Waals surface area contributed by atoms with Gasteiger partial charge in [0.2, 0.25) is 0 Å². The van der Waals surface area contributed by atoms with Crippen LogP contribution in [0.15, 0.2) is 41.2 Å². The number of thiol groups is 1. The normalized spacial score (nSPS) is 10.6. The largest absolute Gasteiger partial charge is 0.494 e. The highest BCUT2D eigenvalue weighted by atomic mass is 32.1. The number of hydrogen-bond acceptors (Lipinski definition) is 3. The molecule has 1 heterocycles. The highest BCUT2D eigenvalue weighted by Gasteiger charge is 2.08. The van der Waals surface area contributed by atoms with Gasteiger partial charge in [0, 0.05) is 17.9 Å². The van der Waals surface area contributed by atoms with E-state index in [9.17, 15) is 4.79 Å². The lowest BCUT2D eigenvalue weighted by Crippen LogP contribution is -2.23. The van der Waals surface area contributed by atoms with E-state index < -0.39 is 0 Å². The van der Waals surface area contributed by atoms with Gasteiger partial charge in [-0.25, -0.2) is 0 Å². The van der Waals surface area contributed by atoms with Crippen LogP contribution >= 0.6 is 12.6 Å². The highest BCUT2D eigenvalue weighted by Crippen LogP contribution is 2.22. The predicted octanol–water partition coefficient (Wildman–Crippen LogP) is 3.36.